The van der Waals surface area contributed by atoms with Gasteiger partial charge in [0, 0.05) is 19.1 Å². The molecule has 2 rings (SSSR count). The van der Waals surface area contributed by atoms with Gasteiger partial charge in [-0.3, -0.25) is 0 Å². The first kappa shape index (κ1) is 19.4. The summed E-state index contributed by atoms with van der Waals surface area (Å²) in [4.78, 5) is 14.0. The number of carbonyl (C=O) groups is 1. The molecule has 140 valence electrons. The van der Waals surface area contributed by atoms with Crippen LogP contribution >= 0.6 is 0 Å². The van der Waals surface area contributed by atoms with E-state index in [1.54, 1.807) is 7.11 Å². The van der Waals surface area contributed by atoms with Gasteiger partial charge in [-0.2, -0.15) is 0 Å². The Bertz CT molecular complexity index is 587. The molecule has 1 aliphatic rings. The second-order valence-electron chi connectivity index (χ2n) is 7.94. The van der Waals surface area contributed by atoms with Crippen LogP contribution in [0.15, 0.2) is 18.2 Å². The molecule has 5 heteroatoms. The smallest absolute Gasteiger partial charge is 0.410 e. The monoisotopic (exact) mass is 348 g/mol. The minimum Gasteiger partial charge on any atom is -0.495 e. The van der Waals surface area contributed by atoms with Gasteiger partial charge >= 0.3 is 6.09 Å². The van der Waals surface area contributed by atoms with Crippen molar-refractivity contribution in [2.75, 3.05) is 25.5 Å². The predicted molar refractivity (Wildman–Crippen MR) is 101 cm³/mol. The number of amides is 1. The van der Waals surface area contributed by atoms with Crippen LogP contribution in [0, 0.1) is 12.8 Å². The second kappa shape index (κ2) is 7.98. The Morgan fingerprint density at radius 3 is 2.48 bits per heavy atom. The summed E-state index contributed by atoms with van der Waals surface area (Å²) in [6.07, 6.45) is 1.75. The molecule has 1 atom stereocenters. The molecule has 1 aliphatic heterocycles. The van der Waals surface area contributed by atoms with Gasteiger partial charge in [0.2, 0.25) is 0 Å². The molecule has 0 saturated carbocycles. The Morgan fingerprint density at radius 2 is 1.92 bits per heavy atom. The van der Waals surface area contributed by atoms with E-state index in [4.69, 9.17) is 9.47 Å². The first-order valence-corrected chi connectivity index (χ1v) is 9.08. The van der Waals surface area contributed by atoms with Gasteiger partial charge < -0.3 is 19.7 Å². The molecule has 1 N–H and O–H groups in total. The molecule has 0 aliphatic carbocycles. The highest BCUT2D eigenvalue weighted by molar-refractivity contribution is 5.68. The molecular weight excluding hydrogens is 316 g/mol. The van der Waals surface area contributed by atoms with Crippen molar-refractivity contribution in [2.24, 2.45) is 5.92 Å². The second-order valence-corrected chi connectivity index (χ2v) is 7.94. The minimum absolute atomic E-state index is 0.202. The minimum atomic E-state index is -0.440. The summed E-state index contributed by atoms with van der Waals surface area (Å²) in [7, 11) is 1.70. The number of ether oxygens (including phenoxy) is 2. The van der Waals surface area contributed by atoms with Gasteiger partial charge in [0.25, 0.3) is 0 Å². The number of aryl methyl sites for hydroxylation is 1. The zero-order valence-electron chi connectivity index (χ0n) is 16.4. The van der Waals surface area contributed by atoms with E-state index in [2.05, 4.69) is 31.3 Å². The standard InChI is InChI=1S/C20H32N2O3/c1-14-7-8-17(18(13-14)24-6)21-15(2)16-9-11-22(12-10-16)19(23)25-20(3,4)5/h7-8,13,15-16,21H,9-12H2,1-6H3. The average Bonchev–Trinajstić information content (AvgIpc) is 2.55. The largest absolute Gasteiger partial charge is 0.495 e. The zero-order chi connectivity index (χ0) is 18.6. The molecule has 1 unspecified atom stereocenters. The van der Waals surface area contributed by atoms with Crippen LogP contribution in [0.3, 0.4) is 0 Å². The number of likely N-dealkylation sites (tertiary alicyclic amines) is 1. The molecule has 1 saturated heterocycles. The topological polar surface area (TPSA) is 50.8 Å². The van der Waals surface area contributed by atoms with Crippen molar-refractivity contribution >= 4 is 11.8 Å². The fraction of sp³-hybridized carbons (Fsp3) is 0.650. The number of carbonyl (C=O) groups excluding carboxylic acids is 1. The van der Waals surface area contributed by atoms with E-state index < -0.39 is 5.60 Å². The summed E-state index contributed by atoms with van der Waals surface area (Å²) in [5.41, 5.74) is 1.76. The molecule has 0 spiro atoms. The van der Waals surface area contributed by atoms with E-state index in [0.29, 0.717) is 12.0 Å². The summed E-state index contributed by atoms with van der Waals surface area (Å²) < 4.78 is 10.9. The van der Waals surface area contributed by atoms with Crippen LogP contribution in [-0.4, -0.2) is 42.8 Å². The van der Waals surface area contributed by atoms with Crippen molar-refractivity contribution in [3.63, 3.8) is 0 Å². The van der Waals surface area contributed by atoms with Gasteiger partial charge in [-0.05, 0) is 71.1 Å². The lowest BCUT2D eigenvalue weighted by molar-refractivity contribution is 0.0179. The maximum absolute atomic E-state index is 12.2. The summed E-state index contributed by atoms with van der Waals surface area (Å²) in [6, 6.07) is 6.51. The fourth-order valence-corrected chi connectivity index (χ4v) is 3.19. The number of anilines is 1. The van der Waals surface area contributed by atoms with E-state index in [9.17, 15) is 4.79 Å². The number of nitrogens with zero attached hydrogens (tertiary/aromatic N) is 1. The van der Waals surface area contributed by atoms with E-state index in [0.717, 1.165) is 37.4 Å². The lowest BCUT2D eigenvalue weighted by Crippen LogP contribution is -2.44. The van der Waals surface area contributed by atoms with E-state index in [-0.39, 0.29) is 6.09 Å². The van der Waals surface area contributed by atoms with Crippen LogP contribution in [0.1, 0.15) is 46.1 Å². The zero-order valence-corrected chi connectivity index (χ0v) is 16.4. The van der Waals surface area contributed by atoms with Crippen LogP contribution in [-0.2, 0) is 4.74 Å². The molecular formula is C20H32N2O3. The Hall–Kier alpha value is -1.91. The summed E-state index contributed by atoms with van der Waals surface area (Å²) in [5.74, 6) is 1.39. The summed E-state index contributed by atoms with van der Waals surface area (Å²) in [5, 5.41) is 3.58. The maximum Gasteiger partial charge on any atom is 0.410 e. The van der Waals surface area contributed by atoms with Crippen LogP contribution < -0.4 is 10.1 Å². The van der Waals surface area contributed by atoms with Gasteiger partial charge in [-0.15, -0.1) is 0 Å². The molecule has 1 aromatic carbocycles. The third kappa shape index (κ3) is 5.55. The predicted octanol–water partition coefficient (Wildman–Crippen LogP) is 4.45. The normalized spacial score (nSPS) is 17.1. The maximum atomic E-state index is 12.2. The molecule has 0 radical (unpaired) electrons. The Kier molecular flexibility index (Phi) is 6.20. The molecule has 25 heavy (non-hydrogen) atoms. The Balaban J connectivity index is 1.89. The van der Waals surface area contributed by atoms with E-state index in [1.165, 1.54) is 5.56 Å². The highest BCUT2D eigenvalue weighted by Gasteiger charge is 2.29. The highest BCUT2D eigenvalue weighted by atomic mass is 16.6. The van der Waals surface area contributed by atoms with Crippen LogP contribution in [0.4, 0.5) is 10.5 Å². The lowest BCUT2D eigenvalue weighted by Gasteiger charge is -2.36. The van der Waals surface area contributed by atoms with E-state index in [1.807, 2.05) is 31.7 Å². The lowest BCUT2D eigenvalue weighted by atomic mass is 9.90. The Morgan fingerprint density at radius 1 is 1.28 bits per heavy atom. The van der Waals surface area contributed by atoms with Crippen molar-refractivity contribution in [1.82, 2.24) is 4.90 Å². The number of benzene rings is 1. The third-order valence-corrected chi connectivity index (χ3v) is 4.64. The molecule has 5 nitrogen and oxygen atoms in total. The van der Waals surface area contributed by atoms with Crippen molar-refractivity contribution in [3.8, 4) is 5.75 Å². The van der Waals surface area contributed by atoms with Crippen molar-refractivity contribution in [3.05, 3.63) is 23.8 Å². The fourth-order valence-electron chi connectivity index (χ4n) is 3.19. The SMILES string of the molecule is COc1cc(C)ccc1NC(C)C1CCN(C(=O)OC(C)(C)C)CC1. The number of methoxy groups -OCH3 is 1. The van der Waals surface area contributed by atoms with Crippen LogP contribution in [0.2, 0.25) is 0 Å². The third-order valence-electron chi connectivity index (χ3n) is 4.64. The number of rotatable bonds is 4. The van der Waals surface area contributed by atoms with Crippen molar-refractivity contribution in [1.29, 1.82) is 0 Å². The molecule has 0 aromatic heterocycles. The number of hydrogen-bond donors (Lipinski definition) is 1. The Labute approximate surface area is 151 Å². The molecule has 1 heterocycles. The van der Waals surface area contributed by atoms with Gasteiger partial charge in [0.1, 0.15) is 11.4 Å². The van der Waals surface area contributed by atoms with Crippen molar-refractivity contribution < 1.29 is 14.3 Å². The molecule has 1 amide bonds. The van der Waals surface area contributed by atoms with Gasteiger partial charge in [0.05, 0.1) is 12.8 Å². The van der Waals surface area contributed by atoms with Gasteiger partial charge in [0.15, 0.2) is 0 Å². The summed E-state index contributed by atoms with van der Waals surface area (Å²) in [6.45, 7) is 11.5. The van der Waals surface area contributed by atoms with Gasteiger partial charge in [-0.25, -0.2) is 4.79 Å². The van der Waals surface area contributed by atoms with Crippen LogP contribution in [0.25, 0.3) is 0 Å². The van der Waals surface area contributed by atoms with Gasteiger partial charge in [-0.1, -0.05) is 6.07 Å². The van der Waals surface area contributed by atoms with E-state index >= 15 is 0 Å². The first-order chi connectivity index (χ1) is 11.7. The molecule has 1 aromatic rings. The first-order valence-electron chi connectivity index (χ1n) is 9.08. The van der Waals surface area contributed by atoms with Crippen molar-refractivity contribution in [2.45, 2.75) is 59.1 Å². The summed E-state index contributed by atoms with van der Waals surface area (Å²) >= 11 is 0. The number of nitrogens with one attached hydrogen (secondary N) is 1. The number of hydrogen-bond acceptors (Lipinski definition) is 4. The number of piperidine rings is 1. The highest BCUT2D eigenvalue weighted by Crippen LogP contribution is 2.29. The quantitative estimate of drug-likeness (QED) is 0.873. The average molecular weight is 348 g/mol. The van der Waals surface area contributed by atoms with Crippen LogP contribution in [0.5, 0.6) is 5.75 Å². The molecule has 0 bridgehead atoms. The molecule has 1 fully saturated rings.